The average molecular weight is 240 g/mol. The van der Waals surface area contributed by atoms with E-state index in [0.29, 0.717) is 18.6 Å². The topological polar surface area (TPSA) is 35.5 Å². The van der Waals surface area contributed by atoms with Crippen LogP contribution in [-0.4, -0.2) is 48.8 Å². The first-order valence-electron chi connectivity index (χ1n) is 7.30. The van der Waals surface area contributed by atoms with Crippen molar-refractivity contribution in [3.63, 3.8) is 0 Å². The number of rotatable bonds is 6. The molecule has 2 fully saturated rings. The number of hydrogen-bond donors (Lipinski definition) is 2. The number of nitrogens with one attached hydrogen (secondary N) is 1. The number of likely N-dealkylation sites (tertiary alicyclic amines) is 1. The van der Waals surface area contributed by atoms with Gasteiger partial charge in [0.2, 0.25) is 0 Å². The van der Waals surface area contributed by atoms with Crippen molar-refractivity contribution in [3.05, 3.63) is 0 Å². The first-order valence-corrected chi connectivity index (χ1v) is 7.30. The van der Waals surface area contributed by atoms with Crippen molar-refractivity contribution in [2.45, 2.75) is 51.1 Å². The summed E-state index contributed by atoms with van der Waals surface area (Å²) in [6.45, 7) is 5.07. The molecule has 1 saturated carbocycles. The second kappa shape index (κ2) is 6.17. The predicted molar refractivity (Wildman–Crippen MR) is 71.0 cm³/mol. The van der Waals surface area contributed by atoms with Gasteiger partial charge in [-0.2, -0.15) is 0 Å². The predicted octanol–water partition coefficient (Wildman–Crippen LogP) is 1.47. The van der Waals surface area contributed by atoms with Crippen LogP contribution in [0.2, 0.25) is 0 Å². The van der Waals surface area contributed by atoms with Crippen LogP contribution in [-0.2, 0) is 0 Å². The quantitative estimate of drug-likeness (QED) is 0.738. The van der Waals surface area contributed by atoms with Gasteiger partial charge in [-0.15, -0.1) is 0 Å². The van der Waals surface area contributed by atoms with Crippen molar-refractivity contribution in [3.8, 4) is 0 Å². The van der Waals surface area contributed by atoms with E-state index in [-0.39, 0.29) is 0 Å². The number of aliphatic hydroxyl groups is 1. The number of likely N-dealkylation sites (N-methyl/N-ethyl adjacent to an activating group) is 1. The van der Waals surface area contributed by atoms with Gasteiger partial charge in [0, 0.05) is 31.8 Å². The summed E-state index contributed by atoms with van der Waals surface area (Å²) < 4.78 is 0. The van der Waals surface area contributed by atoms with E-state index < -0.39 is 0 Å². The first-order chi connectivity index (χ1) is 8.28. The third-order valence-corrected chi connectivity index (χ3v) is 4.56. The van der Waals surface area contributed by atoms with Crippen LogP contribution < -0.4 is 5.32 Å². The molecule has 3 atom stereocenters. The van der Waals surface area contributed by atoms with E-state index in [9.17, 15) is 0 Å². The Bertz CT molecular complexity index is 230. The molecular weight excluding hydrogens is 212 g/mol. The van der Waals surface area contributed by atoms with Crippen molar-refractivity contribution in [2.24, 2.45) is 11.8 Å². The highest BCUT2D eigenvalue weighted by Crippen LogP contribution is 2.38. The summed E-state index contributed by atoms with van der Waals surface area (Å²) in [5, 5.41) is 12.6. The van der Waals surface area contributed by atoms with Crippen molar-refractivity contribution < 1.29 is 5.11 Å². The normalized spacial score (nSPS) is 32.6. The highest BCUT2D eigenvalue weighted by molar-refractivity contribution is 4.92. The molecule has 1 heterocycles. The van der Waals surface area contributed by atoms with Gasteiger partial charge in [-0.3, -0.25) is 4.90 Å². The summed E-state index contributed by atoms with van der Waals surface area (Å²) >= 11 is 0. The van der Waals surface area contributed by atoms with Gasteiger partial charge < -0.3 is 10.4 Å². The molecule has 0 bridgehead atoms. The van der Waals surface area contributed by atoms with E-state index in [4.69, 9.17) is 5.11 Å². The Hall–Kier alpha value is -0.120. The molecule has 0 aromatic heterocycles. The molecule has 100 valence electrons. The average Bonchev–Trinajstić information content (AvgIpc) is 3.15. The van der Waals surface area contributed by atoms with Crippen molar-refractivity contribution in [1.82, 2.24) is 10.2 Å². The maximum Gasteiger partial charge on any atom is 0.0434 e. The molecule has 3 heteroatoms. The fraction of sp³-hybridized carbons (Fsp3) is 1.00. The van der Waals surface area contributed by atoms with Crippen LogP contribution in [0.1, 0.15) is 39.0 Å². The summed E-state index contributed by atoms with van der Waals surface area (Å²) in [6.07, 6.45) is 6.35. The third kappa shape index (κ3) is 3.43. The van der Waals surface area contributed by atoms with E-state index in [1.165, 1.54) is 38.8 Å². The highest BCUT2D eigenvalue weighted by Gasteiger charge is 2.37. The van der Waals surface area contributed by atoms with Crippen LogP contribution in [0.3, 0.4) is 0 Å². The SMILES string of the molecule is CCC(C1CC1)N1CC(CCO)CC(NC)C1. The summed E-state index contributed by atoms with van der Waals surface area (Å²) in [5.41, 5.74) is 0. The minimum atomic E-state index is 0.342. The number of aliphatic hydroxyl groups excluding tert-OH is 1. The smallest absolute Gasteiger partial charge is 0.0434 e. The van der Waals surface area contributed by atoms with Crippen molar-refractivity contribution >= 4 is 0 Å². The molecule has 2 N–H and O–H groups in total. The molecule has 17 heavy (non-hydrogen) atoms. The fourth-order valence-corrected chi connectivity index (χ4v) is 3.48. The number of piperidine rings is 1. The summed E-state index contributed by atoms with van der Waals surface area (Å²) in [7, 11) is 2.07. The summed E-state index contributed by atoms with van der Waals surface area (Å²) in [5.74, 6) is 1.64. The maximum atomic E-state index is 9.14. The third-order valence-electron chi connectivity index (χ3n) is 4.56. The van der Waals surface area contributed by atoms with Crippen LogP contribution in [0.15, 0.2) is 0 Å². The standard InChI is InChI=1S/C14H28N2O/c1-3-14(12-4-5-12)16-9-11(6-7-17)8-13(10-16)15-2/h11-15,17H,3-10H2,1-2H3. The van der Waals surface area contributed by atoms with Gasteiger partial charge in [0.05, 0.1) is 0 Å². The molecule has 2 aliphatic rings. The maximum absolute atomic E-state index is 9.14. The van der Waals surface area contributed by atoms with Crippen LogP contribution in [0.4, 0.5) is 0 Å². The Morgan fingerprint density at radius 1 is 1.35 bits per heavy atom. The second-order valence-corrected chi connectivity index (χ2v) is 5.87. The monoisotopic (exact) mass is 240 g/mol. The number of nitrogens with zero attached hydrogens (tertiary/aromatic N) is 1. The van der Waals surface area contributed by atoms with Gasteiger partial charge in [-0.1, -0.05) is 6.92 Å². The van der Waals surface area contributed by atoms with Crippen molar-refractivity contribution in [1.29, 1.82) is 0 Å². The Balaban J connectivity index is 1.94. The Labute approximate surface area is 106 Å². The molecule has 3 nitrogen and oxygen atoms in total. The molecule has 0 amide bonds. The molecule has 0 spiro atoms. The van der Waals surface area contributed by atoms with Gasteiger partial charge in [0.15, 0.2) is 0 Å². The fourth-order valence-electron chi connectivity index (χ4n) is 3.48. The largest absolute Gasteiger partial charge is 0.396 e. The van der Waals surface area contributed by atoms with E-state index in [0.717, 1.165) is 18.4 Å². The molecule has 3 unspecified atom stereocenters. The molecule has 0 aromatic carbocycles. The highest BCUT2D eigenvalue weighted by atomic mass is 16.3. The van der Waals surface area contributed by atoms with E-state index in [1.54, 1.807) is 0 Å². The lowest BCUT2D eigenvalue weighted by atomic mass is 9.89. The first kappa shape index (κ1) is 13.3. The minimum Gasteiger partial charge on any atom is -0.396 e. The van der Waals surface area contributed by atoms with Crippen LogP contribution in [0, 0.1) is 11.8 Å². The zero-order valence-electron chi connectivity index (χ0n) is 11.4. The van der Waals surface area contributed by atoms with Gasteiger partial charge in [-0.05, 0) is 51.0 Å². The molecule has 0 radical (unpaired) electrons. The van der Waals surface area contributed by atoms with Crippen LogP contribution in [0.5, 0.6) is 0 Å². The summed E-state index contributed by atoms with van der Waals surface area (Å²) in [6, 6.07) is 1.42. The molecule has 2 rings (SSSR count). The Kier molecular flexibility index (Phi) is 4.83. The lowest BCUT2D eigenvalue weighted by Gasteiger charge is -2.42. The van der Waals surface area contributed by atoms with Crippen LogP contribution in [0.25, 0.3) is 0 Å². The molecule has 0 aromatic rings. The zero-order chi connectivity index (χ0) is 12.3. The van der Waals surface area contributed by atoms with Gasteiger partial charge >= 0.3 is 0 Å². The molecule has 1 aliphatic carbocycles. The van der Waals surface area contributed by atoms with Crippen LogP contribution >= 0.6 is 0 Å². The van der Waals surface area contributed by atoms with Gasteiger partial charge in [0.1, 0.15) is 0 Å². The van der Waals surface area contributed by atoms with Gasteiger partial charge in [0.25, 0.3) is 0 Å². The van der Waals surface area contributed by atoms with Crippen molar-refractivity contribution in [2.75, 3.05) is 26.7 Å². The Morgan fingerprint density at radius 2 is 2.12 bits per heavy atom. The Morgan fingerprint density at radius 3 is 2.65 bits per heavy atom. The molecular formula is C14H28N2O. The van der Waals surface area contributed by atoms with Gasteiger partial charge in [-0.25, -0.2) is 0 Å². The zero-order valence-corrected chi connectivity index (χ0v) is 11.4. The lowest BCUT2D eigenvalue weighted by Crippen LogP contribution is -2.52. The number of hydrogen-bond acceptors (Lipinski definition) is 3. The second-order valence-electron chi connectivity index (χ2n) is 5.87. The van der Waals surface area contributed by atoms with E-state index in [2.05, 4.69) is 24.2 Å². The van der Waals surface area contributed by atoms with E-state index in [1.807, 2.05) is 0 Å². The minimum absolute atomic E-state index is 0.342. The molecule has 1 aliphatic heterocycles. The van der Waals surface area contributed by atoms with E-state index >= 15 is 0 Å². The lowest BCUT2D eigenvalue weighted by molar-refractivity contribution is 0.0753. The molecule has 1 saturated heterocycles. The summed E-state index contributed by atoms with van der Waals surface area (Å²) in [4.78, 5) is 2.70.